The summed E-state index contributed by atoms with van der Waals surface area (Å²) in [5.41, 5.74) is 2.27. The molecule has 1 atom stereocenters. The van der Waals surface area contributed by atoms with Crippen molar-refractivity contribution in [1.29, 1.82) is 0 Å². The number of fused-ring (bicyclic) bond motifs is 1. The minimum Gasteiger partial charge on any atom is -0.505 e. The van der Waals surface area contributed by atoms with Crippen molar-refractivity contribution in [3.8, 4) is 5.75 Å². The Morgan fingerprint density at radius 3 is 2.87 bits per heavy atom. The van der Waals surface area contributed by atoms with Gasteiger partial charge in [-0.25, -0.2) is 9.37 Å². The maximum Gasteiger partial charge on any atom is 0.228 e. The molecule has 0 spiro atoms. The molecule has 6 heteroatoms. The molecule has 0 unspecified atom stereocenters. The van der Waals surface area contributed by atoms with Crippen molar-refractivity contribution < 1.29 is 14.3 Å². The summed E-state index contributed by atoms with van der Waals surface area (Å²) in [5.74, 6) is -0.756. The molecule has 1 amide bonds. The van der Waals surface area contributed by atoms with E-state index in [1.165, 1.54) is 12.1 Å². The number of benzene rings is 2. The Morgan fingerprint density at radius 2 is 2.13 bits per heavy atom. The van der Waals surface area contributed by atoms with Crippen molar-refractivity contribution in [1.82, 2.24) is 15.3 Å². The van der Waals surface area contributed by atoms with Crippen LogP contribution in [0.3, 0.4) is 0 Å². The number of rotatable bonds is 4. The van der Waals surface area contributed by atoms with Crippen molar-refractivity contribution in [2.75, 3.05) is 0 Å². The third-order valence-electron chi connectivity index (χ3n) is 3.62. The number of hydrogen-bond acceptors (Lipinski definition) is 3. The zero-order valence-corrected chi connectivity index (χ0v) is 12.5. The molecule has 5 nitrogen and oxygen atoms in total. The van der Waals surface area contributed by atoms with Gasteiger partial charge in [0.25, 0.3) is 0 Å². The van der Waals surface area contributed by atoms with Crippen LogP contribution in [0.15, 0.2) is 42.5 Å². The average Bonchev–Trinajstić information content (AvgIpc) is 2.91. The van der Waals surface area contributed by atoms with Crippen LogP contribution in [0.25, 0.3) is 11.0 Å². The highest BCUT2D eigenvalue weighted by molar-refractivity contribution is 5.80. The van der Waals surface area contributed by atoms with Crippen molar-refractivity contribution in [3.05, 3.63) is 59.7 Å². The van der Waals surface area contributed by atoms with E-state index >= 15 is 0 Å². The molecule has 0 bridgehead atoms. The quantitative estimate of drug-likeness (QED) is 0.693. The third-order valence-corrected chi connectivity index (χ3v) is 3.62. The van der Waals surface area contributed by atoms with Crippen molar-refractivity contribution in [3.63, 3.8) is 0 Å². The number of phenolic OH excluding ortho intramolecular Hbond substituents is 1. The summed E-state index contributed by atoms with van der Waals surface area (Å²) < 4.78 is 13.4. The van der Waals surface area contributed by atoms with E-state index in [2.05, 4.69) is 15.3 Å². The third kappa shape index (κ3) is 3.31. The van der Waals surface area contributed by atoms with Crippen LogP contribution in [0.2, 0.25) is 0 Å². The highest BCUT2D eigenvalue weighted by atomic mass is 19.1. The first kappa shape index (κ1) is 15.0. The highest BCUT2D eigenvalue weighted by Crippen LogP contribution is 2.20. The Hall–Kier alpha value is -2.89. The van der Waals surface area contributed by atoms with E-state index in [9.17, 15) is 14.3 Å². The van der Waals surface area contributed by atoms with E-state index < -0.39 is 11.6 Å². The number of phenols is 1. The van der Waals surface area contributed by atoms with E-state index in [1.807, 2.05) is 24.3 Å². The molecule has 0 aliphatic carbocycles. The fourth-order valence-corrected chi connectivity index (χ4v) is 2.41. The number of aromatic amines is 1. The first-order chi connectivity index (χ1) is 11.0. The van der Waals surface area contributed by atoms with Crippen LogP contribution in [-0.2, 0) is 11.2 Å². The molecule has 3 aromatic rings. The Morgan fingerprint density at radius 1 is 1.35 bits per heavy atom. The summed E-state index contributed by atoms with van der Waals surface area (Å²) in [6.07, 6.45) is 0.111. The van der Waals surface area contributed by atoms with Crippen LogP contribution >= 0.6 is 0 Å². The second-order valence-electron chi connectivity index (χ2n) is 5.38. The molecular weight excluding hydrogens is 297 g/mol. The van der Waals surface area contributed by atoms with Gasteiger partial charge in [0.05, 0.1) is 23.5 Å². The minimum absolute atomic E-state index is 0.111. The summed E-state index contributed by atoms with van der Waals surface area (Å²) in [4.78, 5) is 19.6. The molecule has 1 aromatic heterocycles. The van der Waals surface area contributed by atoms with Gasteiger partial charge in [-0.2, -0.15) is 0 Å². The summed E-state index contributed by atoms with van der Waals surface area (Å²) >= 11 is 0. The second-order valence-corrected chi connectivity index (χ2v) is 5.38. The second kappa shape index (κ2) is 6.08. The van der Waals surface area contributed by atoms with E-state index in [0.717, 1.165) is 11.0 Å². The SMILES string of the molecule is C[C@@H](NC(=O)Cc1nc2ccccc2[nH]1)c1ccc(O)c(F)c1. The first-order valence-electron chi connectivity index (χ1n) is 7.24. The summed E-state index contributed by atoms with van der Waals surface area (Å²) in [6.45, 7) is 1.75. The van der Waals surface area contributed by atoms with Gasteiger partial charge in [0.2, 0.25) is 5.91 Å². The monoisotopic (exact) mass is 313 g/mol. The molecule has 0 aliphatic rings. The van der Waals surface area contributed by atoms with Crippen LogP contribution in [0.1, 0.15) is 24.4 Å². The number of carbonyl (C=O) groups is 1. The number of halogens is 1. The van der Waals surface area contributed by atoms with Crippen LogP contribution < -0.4 is 5.32 Å². The predicted molar refractivity (Wildman–Crippen MR) is 84.4 cm³/mol. The molecule has 23 heavy (non-hydrogen) atoms. The molecule has 0 saturated heterocycles. The minimum atomic E-state index is -0.708. The van der Waals surface area contributed by atoms with E-state index in [1.54, 1.807) is 13.0 Å². The molecule has 3 N–H and O–H groups in total. The number of amides is 1. The Kier molecular flexibility index (Phi) is 3.97. The van der Waals surface area contributed by atoms with Gasteiger partial charge < -0.3 is 15.4 Å². The number of H-pyrrole nitrogens is 1. The van der Waals surface area contributed by atoms with Crippen molar-refractivity contribution in [2.24, 2.45) is 0 Å². The molecule has 0 radical (unpaired) electrons. The van der Waals surface area contributed by atoms with Gasteiger partial charge in [0, 0.05) is 0 Å². The van der Waals surface area contributed by atoms with Crippen molar-refractivity contribution >= 4 is 16.9 Å². The fraction of sp³-hybridized carbons (Fsp3) is 0.176. The van der Waals surface area contributed by atoms with Gasteiger partial charge in [0.15, 0.2) is 11.6 Å². The molecule has 2 aromatic carbocycles. The Bertz CT molecular complexity index is 827. The number of carbonyl (C=O) groups excluding carboxylic acids is 1. The lowest BCUT2D eigenvalue weighted by molar-refractivity contribution is -0.121. The summed E-state index contributed by atoms with van der Waals surface area (Å²) in [5, 5.41) is 12.0. The van der Waals surface area contributed by atoms with Gasteiger partial charge in [-0.15, -0.1) is 0 Å². The van der Waals surface area contributed by atoms with E-state index in [0.29, 0.717) is 11.4 Å². The lowest BCUT2D eigenvalue weighted by Gasteiger charge is -2.14. The van der Waals surface area contributed by atoms with Crippen molar-refractivity contribution in [2.45, 2.75) is 19.4 Å². The van der Waals surface area contributed by atoms with Crippen LogP contribution in [0.4, 0.5) is 4.39 Å². The normalized spacial score (nSPS) is 12.3. The first-order valence-corrected chi connectivity index (χ1v) is 7.24. The standard InChI is InChI=1S/C17H16FN3O2/c1-10(11-6-7-15(22)12(18)8-11)19-17(23)9-16-20-13-4-2-3-5-14(13)21-16/h2-8,10,22H,9H2,1H3,(H,19,23)(H,20,21)/t10-/m1/s1. The number of aromatic hydroxyl groups is 1. The fourth-order valence-electron chi connectivity index (χ4n) is 2.41. The van der Waals surface area contributed by atoms with E-state index in [4.69, 9.17) is 0 Å². The largest absolute Gasteiger partial charge is 0.505 e. The van der Waals surface area contributed by atoms with Gasteiger partial charge in [-0.1, -0.05) is 18.2 Å². The Labute approximate surface area is 132 Å². The number of aromatic nitrogens is 2. The molecule has 3 rings (SSSR count). The van der Waals surface area contributed by atoms with Gasteiger partial charge in [-0.05, 0) is 36.8 Å². The number of nitrogens with one attached hydrogen (secondary N) is 2. The molecule has 1 heterocycles. The summed E-state index contributed by atoms with van der Waals surface area (Å²) in [7, 11) is 0. The lowest BCUT2D eigenvalue weighted by Crippen LogP contribution is -2.28. The van der Waals surface area contributed by atoms with Gasteiger partial charge in [0.1, 0.15) is 5.82 Å². The molecule has 118 valence electrons. The maximum atomic E-state index is 13.4. The van der Waals surface area contributed by atoms with Gasteiger partial charge in [-0.3, -0.25) is 4.79 Å². The molecule has 0 fully saturated rings. The Balaban J connectivity index is 1.67. The predicted octanol–water partition coefficient (Wildman–Crippen LogP) is 2.83. The van der Waals surface area contributed by atoms with E-state index in [-0.39, 0.29) is 18.4 Å². The average molecular weight is 313 g/mol. The molecule has 0 aliphatic heterocycles. The topological polar surface area (TPSA) is 78.0 Å². The smallest absolute Gasteiger partial charge is 0.228 e. The lowest BCUT2D eigenvalue weighted by atomic mass is 10.1. The zero-order chi connectivity index (χ0) is 16.4. The number of para-hydroxylation sites is 2. The highest BCUT2D eigenvalue weighted by Gasteiger charge is 2.13. The molecule has 0 saturated carbocycles. The molecular formula is C17H16FN3O2. The maximum absolute atomic E-state index is 13.4. The zero-order valence-electron chi connectivity index (χ0n) is 12.5. The van der Waals surface area contributed by atoms with Crippen LogP contribution in [0, 0.1) is 5.82 Å². The number of hydrogen-bond donors (Lipinski definition) is 3. The van der Waals surface area contributed by atoms with Crippen LogP contribution in [0.5, 0.6) is 5.75 Å². The number of imidazole rings is 1. The van der Waals surface area contributed by atoms with Crippen LogP contribution in [-0.4, -0.2) is 21.0 Å². The number of nitrogens with zero attached hydrogens (tertiary/aromatic N) is 1. The summed E-state index contributed by atoms with van der Waals surface area (Å²) in [6, 6.07) is 11.2. The van der Waals surface area contributed by atoms with Gasteiger partial charge >= 0.3 is 0 Å².